The molecule has 1 atom stereocenters. The standard InChI is InChI=1S/C23H31N3O2S/c1-5-26(21-8-6-7-18(3)15-21)14-13-24-23(28)19(4)29-16-22(27)25-20-11-9-17(2)10-12-20/h6-12,15,19H,5,13-14,16H2,1-4H3,(H,24,28)(H,25,27). The molecule has 6 heteroatoms. The lowest BCUT2D eigenvalue weighted by Crippen LogP contribution is -2.38. The molecule has 0 radical (unpaired) electrons. The minimum absolute atomic E-state index is 0.0431. The van der Waals surface area contributed by atoms with Gasteiger partial charge in [0.15, 0.2) is 0 Å². The fourth-order valence-corrected chi connectivity index (χ4v) is 3.57. The van der Waals surface area contributed by atoms with E-state index in [9.17, 15) is 9.59 Å². The van der Waals surface area contributed by atoms with Crippen molar-refractivity contribution in [1.29, 1.82) is 0 Å². The summed E-state index contributed by atoms with van der Waals surface area (Å²) in [6, 6.07) is 16.0. The number of hydrogen-bond acceptors (Lipinski definition) is 4. The van der Waals surface area contributed by atoms with E-state index < -0.39 is 0 Å². The number of anilines is 2. The maximum absolute atomic E-state index is 12.3. The smallest absolute Gasteiger partial charge is 0.234 e. The van der Waals surface area contributed by atoms with Crippen molar-refractivity contribution in [3.63, 3.8) is 0 Å². The van der Waals surface area contributed by atoms with Gasteiger partial charge in [-0.15, -0.1) is 11.8 Å². The third-order valence-corrected chi connectivity index (χ3v) is 5.74. The summed E-state index contributed by atoms with van der Waals surface area (Å²) in [4.78, 5) is 26.6. The molecule has 0 aromatic heterocycles. The number of rotatable bonds is 10. The monoisotopic (exact) mass is 413 g/mol. The Morgan fingerprint density at radius 3 is 2.45 bits per heavy atom. The lowest BCUT2D eigenvalue weighted by atomic mass is 10.2. The first kappa shape index (κ1) is 22.8. The Hall–Kier alpha value is -2.47. The van der Waals surface area contributed by atoms with Crippen LogP contribution in [-0.2, 0) is 9.59 Å². The van der Waals surface area contributed by atoms with Gasteiger partial charge in [0.1, 0.15) is 0 Å². The molecule has 156 valence electrons. The molecule has 2 aromatic rings. The first-order chi connectivity index (χ1) is 13.9. The van der Waals surface area contributed by atoms with E-state index in [1.54, 1.807) is 0 Å². The molecule has 0 saturated heterocycles. The number of likely N-dealkylation sites (N-methyl/N-ethyl adjacent to an activating group) is 1. The Kier molecular flexibility index (Phi) is 9.06. The van der Waals surface area contributed by atoms with Crippen molar-refractivity contribution in [3.05, 3.63) is 59.7 Å². The number of nitrogens with zero attached hydrogens (tertiary/aromatic N) is 1. The van der Waals surface area contributed by atoms with Gasteiger partial charge in [-0.25, -0.2) is 0 Å². The van der Waals surface area contributed by atoms with E-state index in [1.807, 2.05) is 44.2 Å². The molecule has 0 aliphatic heterocycles. The molecular weight excluding hydrogens is 382 g/mol. The quantitative estimate of drug-likeness (QED) is 0.618. The second kappa shape index (κ2) is 11.5. The van der Waals surface area contributed by atoms with Crippen molar-refractivity contribution in [1.82, 2.24) is 5.32 Å². The highest BCUT2D eigenvalue weighted by molar-refractivity contribution is 8.01. The van der Waals surface area contributed by atoms with E-state index >= 15 is 0 Å². The van der Waals surface area contributed by atoms with Gasteiger partial charge in [0, 0.05) is 31.0 Å². The van der Waals surface area contributed by atoms with E-state index in [0.29, 0.717) is 6.54 Å². The van der Waals surface area contributed by atoms with Crippen LogP contribution in [0.5, 0.6) is 0 Å². The van der Waals surface area contributed by atoms with Crippen molar-refractivity contribution in [2.45, 2.75) is 32.9 Å². The molecule has 0 heterocycles. The molecule has 0 aliphatic carbocycles. The number of benzene rings is 2. The van der Waals surface area contributed by atoms with Gasteiger partial charge in [-0.05, 0) is 57.5 Å². The van der Waals surface area contributed by atoms with Crippen LogP contribution in [0.4, 0.5) is 11.4 Å². The van der Waals surface area contributed by atoms with Gasteiger partial charge in [-0.2, -0.15) is 0 Å². The van der Waals surface area contributed by atoms with Gasteiger partial charge in [0.25, 0.3) is 0 Å². The van der Waals surface area contributed by atoms with Gasteiger partial charge in [0.05, 0.1) is 11.0 Å². The van der Waals surface area contributed by atoms with Crippen LogP contribution in [0.1, 0.15) is 25.0 Å². The number of aryl methyl sites for hydroxylation is 2. The summed E-state index contributed by atoms with van der Waals surface area (Å²) in [5.74, 6) is 0.0980. The minimum Gasteiger partial charge on any atom is -0.370 e. The Morgan fingerprint density at radius 2 is 1.79 bits per heavy atom. The second-order valence-corrected chi connectivity index (χ2v) is 8.41. The molecule has 0 bridgehead atoms. The molecule has 5 nitrogen and oxygen atoms in total. The van der Waals surface area contributed by atoms with Crippen LogP contribution in [0.2, 0.25) is 0 Å². The molecule has 2 aromatic carbocycles. The highest BCUT2D eigenvalue weighted by Crippen LogP contribution is 2.16. The average Bonchev–Trinajstić information content (AvgIpc) is 2.71. The highest BCUT2D eigenvalue weighted by Gasteiger charge is 2.15. The van der Waals surface area contributed by atoms with Gasteiger partial charge < -0.3 is 15.5 Å². The van der Waals surface area contributed by atoms with Crippen molar-refractivity contribution >= 4 is 35.0 Å². The van der Waals surface area contributed by atoms with Crippen LogP contribution < -0.4 is 15.5 Å². The average molecular weight is 414 g/mol. The Morgan fingerprint density at radius 1 is 1.07 bits per heavy atom. The maximum Gasteiger partial charge on any atom is 0.234 e. The normalized spacial score (nSPS) is 11.6. The molecule has 0 aliphatic rings. The zero-order chi connectivity index (χ0) is 21.2. The fourth-order valence-electron chi connectivity index (χ4n) is 2.86. The number of carbonyl (C=O) groups excluding carboxylic acids is 2. The molecule has 2 amide bonds. The van der Waals surface area contributed by atoms with Crippen LogP contribution in [0.3, 0.4) is 0 Å². The number of hydrogen-bond donors (Lipinski definition) is 2. The number of nitrogens with one attached hydrogen (secondary N) is 2. The van der Waals surface area contributed by atoms with Crippen molar-refractivity contribution in [2.75, 3.05) is 35.6 Å². The van der Waals surface area contributed by atoms with E-state index in [-0.39, 0.29) is 22.8 Å². The summed E-state index contributed by atoms with van der Waals surface area (Å²) in [6.07, 6.45) is 0. The zero-order valence-corrected chi connectivity index (χ0v) is 18.5. The molecule has 2 N–H and O–H groups in total. The summed E-state index contributed by atoms with van der Waals surface area (Å²) in [6.45, 7) is 10.2. The molecule has 2 rings (SSSR count). The largest absolute Gasteiger partial charge is 0.370 e. The maximum atomic E-state index is 12.3. The first-order valence-electron chi connectivity index (χ1n) is 9.96. The lowest BCUT2D eigenvalue weighted by molar-refractivity contribution is -0.120. The Balaban J connectivity index is 1.71. The predicted molar refractivity (Wildman–Crippen MR) is 124 cm³/mol. The van der Waals surface area contributed by atoms with E-state index in [4.69, 9.17) is 0 Å². The van der Waals surface area contributed by atoms with Crippen LogP contribution in [-0.4, -0.2) is 42.5 Å². The van der Waals surface area contributed by atoms with E-state index in [1.165, 1.54) is 17.3 Å². The van der Waals surface area contributed by atoms with Crippen molar-refractivity contribution in [2.24, 2.45) is 0 Å². The van der Waals surface area contributed by atoms with Gasteiger partial charge in [0.2, 0.25) is 11.8 Å². The highest BCUT2D eigenvalue weighted by atomic mass is 32.2. The third-order valence-electron chi connectivity index (χ3n) is 4.60. The molecule has 1 unspecified atom stereocenters. The SMILES string of the molecule is CCN(CCNC(=O)C(C)SCC(=O)Nc1ccc(C)cc1)c1cccc(C)c1. The van der Waals surface area contributed by atoms with Crippen molar-refractivity contribution in [3.8, 4) is 0 Å². The van der Waals surface area contributed by atoms with Crippen molar-refractivity contribution < 1.29 is 9.59 Å². The van der Waals surface area contributed by atoms with Crippen LogP contribution in [0, 0.1) is 13.8 Å². The van der Waals surface area contributed by atoms with Crippen LogP contribution in [0.25, 0.3) is 0 Å². The molecule has 0 spiro atoms. The Labute approximate surface area is 178 Å². The molecule has 29 heavy (non-hydrogen) atoms. The minimum atomic E-state index is -0.284. The predicted octanol–water partition coefficient (Wildman–Crippen LogP) is 4.01. The zero-order valence-electron chi connectivity index (χ0n) is 17.7. The second-order valence-electron chi connectivity index (χ2n) is 7.08. The summed E-state index contributed by atoms with van der Waals surface area (Å²) >= 11 is 1.34. The third kappa shape index (κ3) is 7.81. The van der Waals surface area contributed by atoms with Gasteiger partial charge >= 0.3 is 0 Å². The fraction of sp³-hybridized carbons (Fsp3) is 0.391. The van der Waals surface area contributed by atoms with Gasteiger partial charge in [-0.1, -0.05) is 29.8 Å². The summed E-state index contributed by atoms with van der Waals surface area (Å²) in [5.41, 5.74) is 4.30. The molecule has 0 saturated carbocycles. The summed E-state index contributed by atoms with van der Waals surface area (Å²) in [5, 5.41) is 5.55. The lowest BCUT2D eigenvalue weighted by Gasteiger charge is -2.24. The van der Waals surface area contributed by atoms with Crippen LogP contribution >= 0.6 is 11.8 Å². The van der Waals surface area contributed by atoms with Crippen LogP contribution in [0.15, 0.2) is 48.5 Å². The first-order valence-corrected chi connectivity index (χ1v) is 11.0. The summed E-state index contributed by atoms with van der Waals surface area (Å²) < 4.78 is 0. The number of amides is 2. The number of thioether (sulfide) groups is 1. The number of carbonyl (C=O) groups is 2. The molecular formula is C23H31N3O2S. The summed E-state index contributed by atoms with van der Waals surface area (Å²) in [7, 11) is 0. The Bertz CT molecular complexity index is 808. The van der Waals surface area contributed by atoms with E-state index in [0.717, 1.165) is 30.0 Å². The van der Waals surface area contributed by atoms with E-state index in [2.05, 4.69) is 47.6 Å². The molecule has 0 fully saturated rings. The topological polar surface area (TPSA) is 61.4 Å². The van der Waals surface area contributed by atoms with Gasteiger partial charge in [-0.3, -0.25) is 9.59 Å².